The van der Waals surface area contributed by atoms with Gasteiger partial charge in [-0.3, -0.25) is 0 Å². The van der Waals surface area contributed by atoms with Gasteiger partial charge in [-0.1, -0.05) is 49.5 Å². The van der Waals surface area contributed by atoms with E-state index in [1.54, 1.807) is 0 Å². The Morgan fingerprint density at radius 2 is 2.11 bits per heavy atom. The average Bonchev–Trinajstić information content (AvgIpc) is 2.31. The van der Waals surface area contributed by atoms with E-state index in [1.165, 1.54) is 31.2 Å². The molecule has 1 aromatic rings. The van der Waals surface area contributed by atoms with Crippen molar-refractivity contribution < 1.29 is 0 Å². The molecule has 3 heteroatoms. The van der Waals surface area contributed by atoms with Gasteiger partial charge >= 0.3 is 0 Å². The van der Waals surface area contributed by atoms with Crippen LogP contribution in [0.3, 0.4) is 0 Å². The van der Waals surface area contributed by atoms with Crippen LogP contribution in [0.1, 0.15) is 45.1 Å². The second-order valence-electron chi connectivity index (χ2n) is 6.40. The van der Waals surface area contributed by atoms with Crippen molar-refractivity contribution in [3.8, 4) is 0 Å². The Morgan fingerprint density at radius 3 is 2.79 bits per heavy atom. The molecule has 106 valence electrons. The number of hydrogen-bond acceptors (Lipinski definition) is 1. The summed E-state index contributed by atoms with van der Waals surface area (Å²) in [5.41, 5.74) is 1.67. The summed E-state index contributed by atoms with van der Waals surface area (Å²) >= 11 is 12.1. The molecule has 1 N–H and O–H groups in total. The molecule has 2 rings (SSSR count). The third kappa shape index (κ3) is 4.66. The van der Waals surface area contributed by atoms with Crippen LogP contribution in [-0.2, 0) is 6.42 Å². The summed E-state index contributed by atoms with van der Waals surface area (Å²) < 4.78 is 0. The lowest BCUT2D eigenvalue weighted by molar-refractivity contribution is 0.199. The van der Waals surface area contributed by atoms with E-state index in [0.717, 1.165) is 18.0 Å². The van der Waals surface area contributed by atoms with Crippen LogP contribution in [0, 0.1) is 5.41 Å². The number of hydrogen-bond donors (Lipinski definition) is 1. The first-order valence-electron chi connectivity index (χ1n) is 7.14. The summed E-state index contributed by atoms with van der Waals surface area (Å²) in [6.07, 6.45) is 6.24. The minimum absolute atomic E-state index is 0.494. The lowest BCUT2D eigenvalue weighted by Gasteiger charge is -2.35. The van der Waals surface area contributed by atoms with Gasteiger partial charge in [0.15, 0.2) is 0 Å². The van der Waals surface area contributed by atoms with Crippen molar-refractivity contribution in [3.63, 3.8) is 0 Å². The van der Waals surface area contributed by atoms with E-state index in [0.29, 0.717) is 16.5 Å². The maximum Gasteiger partial charge on any atom is 0.0453 e. The van der Waals surface area contributed by atoms with Gasteiger partial charge in [-0.15, -0.1) is 0 Å². The van der Waals surface area contributed by atoms with Gasteiger partial charge in [-0.2, -0.15) is 0 Å². The molecule has 1 aliphatic carbocycles. The Kier molecular flexibility index (Phi) is 5.16. The lowest BCUT2D eigenvalue weighted by Crippen LogP contribution is -2.38. The molecule has 0 radical (unpaired) electrons. The minimum atomic E-state index is 0.494. The molecule has 1 atom stereocenters. The van der Waals surface area contributed by atoms with Crippen LogP contribution >= 0.6 is 23.2 Å². The largest absolute Gasteiger partial charge is 0.314 e. The van der Waals surface area contributed by atoms with Gasteiger partial charge in [0.05, 0.1) is 0 Å². The molecule has 0 amide bonds. The Hall–Kier alpha value is -0.240. The van der Waals surface area contributed by atoms with Gasteiger partial charge in [0.25, 0.3) is 0 Å². The lowest BCUT2D eigenvalue weighted by atomic mass is 9.75. The van der Waals surface area contributed by atoms with Gasteiger partial charge < -0.3 is 5.32 Å². The molecule has 1 aliphatic rings. The van der Waals surface area contributed by atoms with Gasteiger partial charge in [-0.25, -0.2) is 0 Å². The van der Waals surface area contributed by atoms with Crippen LogP contribution in [0.4, 0.5) is 0 Å². The number of nitrogens with one attached hydrogen (secondary N) is 1. The maximum absolute atomic E-state index is 6.18. The van der Waals surface area contributed by atoms with Crippen LogP contribution in [0.2, 0.25) is 10.0 Å². The molecule has 1 nitrogen and oxygen atoms in total. The van der Waals surface area contributed by atoms with Crippen molar-refractivity contribution in [1.29, 1.82) is 0 Å². The van der Waals surface area contributed by atoms with E-state index >= 15 is 0 Å². The smallest absolute Gasteiger partial charge is 0.0453 e. The highest BCUT2D eigenvalue weighted by Gasteiger charge is 2.27. The standard InChI is InChI=1S/C16H23Cl2N/c1-16(2)8-3-4-14(11-16)19-9-7-12-5-6-13(17)10-15(12)18/h5-6,10,14,19H,3-4,7-9,11H2,1-2H3. The van der Waals surface area contributed by atoms with Gasteiger partial charge in [0.2, 0.25) is 0 Å². The van der Waals surface area contributed by atoms with Crippen LogP contribution in [0.15, 0.2) is 18.2 Å². The summed E-state index contributed by atoms with van der Waals surface area (Å²) in [5.74, 6) is 0. The second-order valence-corrected chi connectivity index (χ2v) is 7.24. The third-order valence-electron chi connectivity index (χ3n) is 4.05. The fraction of sp³-hybridized carbons (Fsp3) is 0.625. The molecular formula is C16H23Cl2N. The molecule has 0 bridgehead atoms. The summed E-state index contributed by atoms with van der Waals surface area (Å²) in [4.78, 5) is 0. The van der Waals surface area contributed by atoms with Crippen molar-refractivity contribution in [1.82, 2.24) is 5.32 Å². The van der Waals surface area contributed by atoms with Gasteiger partial charge in [0.1, 0.15) is 0 Å². The minimum Gasteiger partial charge on any atom is -0.314 e. The first-order valence-corrected chi connectivity index (χ1v) is 7.89. The quantitative estimate of drug-likeness (QED) is 0.816. The monoisotopic (exact) mass is 299 g/mol. The molecule has 1 aromatic carbocycles. The fourth-order valence-corrected chi connectivity index (χ4v) is 3.51. The molecular weight excluding hydrogens is 277 g/mol. The number of benzene rings is 1. The fourth-order valence-electron chi connectivity index (χ4n) is 3.01. The topological polar surface area (TPSA) is 12.0 Å². The zero-order valence-corrected chi connectivity index (χ0v) is 13.3. The van der Waals surface area contributed by atoms with Crippen molar-refractivity contribution in [3.05, 3.63) is 33.8 Å². The van der Waals surface area contributed by atoms with Crippen LogP contribution in [-0.4, -0.2) is 12.6 Å². The molecule has 0 aliphatic heterocycles. The highest BCUT2D eigenvalue weighted by molar-refractivity contribution is 6.35. The highest BCUT2D eigenvalue weighted by Crippen LogP contribution is 2.35. The van der Waals surface area contributed by atoms with E-state index in [4.69, 9.17) is 23.2 Å². The predicted molar refractivity (Wildman–Crippen MR) is 84.2 cm³/mol. The van der Waals surface area contributed by atoms with Crippen molar-refractivity contribution in [2.75, 3.05) is 6.54 Å². The van der Waals surface area contributed by atoms with E-state index < -0.39 is 0 Å². The zero-order chi connectivity index (χ0) is 13.9. The summed E-state index contributed by atoms with van der Waals surface area (Å²) in [5, 5.41) is 5.16. The van der Waals surface area contributed by atoms with E-state index in [2.05, 4.69) is 19.2 Å². The number of halogens is 2. The Morgan fingerprint density at radius 1 is 1.32 bits per heavy atom. The SMILES string of the molecule is CC1(C)CCCC(NCCc2ccc(Cl)cc2Cl)C1. The first-order chi connectivity index (χ1) is 8.96. The molecule has 0 heterocycles. The van der Waals surface area contributed by atoms with Gasteiger partial charge in [-0.05, 0) is 55.3 Å². The summed E-state index contributed by atoms with van der Waals surface area (Å²) in [6.45, 7) is 5.73. The van der Waals surface area contributed by atoms with Gasteiger partial charge in [0, 0.05) is 16.1 Å². The Labute approximate surface area is 126 Å². The average molecular weight is 300 g/mol. The number of rotatable bonds is 4. The normalized spacial score (nSPS) is 22.4. The molecule has 1 unspecified atom stereocenters. The third-order valence-corrected chi connectivity index (χ3v) is 4.63. The van der Waals surface area contributed by atoms with Crippen LogP contribution in [0.5, 0.6) is 0 Å². The summed E-state index contributed by atoms with van der Waals surface area (Å²) in [6, 6.07) is 6.42. The van der Waals surface area contributed by atoms with Crippen molar-refractivity contribution in [2.24, 2.45) is 5.41 Å². The van der Waals surface area contributed by atoms with E-state index in [1.807, 2.05) is 18.2 Å². The maximum atomic E-state index is 6.18. The summed E-state index contributed by atoms with van der Waals surface area (Å²) in [7, 11) is 0. The molecule has 1 fully saturated rings. The molecule has 0 saturated heterocycles. The first kappa shape index (κ1) is 15.2. The zero-order valence-electron chi connectivity index (χ0n) is 11.8. The second kappa shape index (κ2) is 6.47. The van der Waals surface area contributed by atoms with Crippen LogP contribution < -0.4 is 5.32 Å². The van der Waals surface area contributed by atoms with E-state index in [-0.39, 0.29) is 0 Å². The Bertz CT molecular complexity index is 429. The predicted octanol–water partition coefficient (Wildman–Crippen LogP) is 5.09. The Balaban J connectivity index is 1.80. The molecule has 0 spiro atoms. The molecule has 1 saturated carbocycles. The van der Waals surface area contributed by atoms with Crippen molar-refractivity contribution >= 4 is 23.2 Å². The van der Waals surface area contributed by atoms with Crippen molar-refractivity contribution in [2.45, 2.75) is 52.0 Å². The molecule has 19 heavy (non-hydrogen) atoms. The highest BCUT2D eigenvalue weighted by atomic mass is 35.5. The van der Waals surface area contributed by atoms with Crippen LogP contribution in [0.25, 0.3) is 0 Å². The molecule has 0 aromatic heterocycles. The van der Waals surface area contributed by atoms with E-state index in [9.17, 15) is 0 Å².